The number of nitro groups is 1. The Morgan fingerprint density at radius 2 is 0.760 bits per heavy atom. The molecule has 0 bridgehead atoms. The van der Waals surface area contributed by atoms with Gasteiger partial charge >= 0.3 is 22.8 Å². The van der Waals surface area contributed by atoms with Gasteiger partial charge in [0.05, 0.1) is 80.4 Å². The molecule has 5 aromatic heterocycles. The molecule has 23 N–H and O–H groups in total. The molecule has 8 atom stereocenters. The van der Waals surface area contributed by atoms with Crippen LogP contribution in [0.15, 0.2) is 196 Å². The standard InChI is InChI=1S/C83H90N26O20/c1-43(110)92-57(26-12-13-34-89-74(120)65-46-16-2-7-21-51(46)93-52-22-8-3-17-47(52)65)67(113)95-58(28-15-36-91-79(87)88)68(114)97-60(39-105-37-33-64(111)104-80(105)124)70(116)96-59(38-44-29-31-45(32-30-44)109(128)129)69(115)98-62(41-107-76(122)49-19-5-10-24-54(49)102-82(107)126)72(118)100-63(42-108-77(123)50-20-6-11-25-55(50)103-83(108)127)73(119)99-61(71(117)94-56(66(84)112)27-14-35-90-78(85)86)40-106-75(121)48-18-4-9-23-53(48)101-81(106)125/h2-11,16-25,29-33,37,56-63H,12-15,26-28,34-36,38-42H2,1H3,(H2,84,112)(H,89,120)(H,92,110)(H,94,117)(H,95,113)(H,96,116)(H,97,114)(H,98,115)(H,99,119)(H,100,118)(H,101,125)(H,102,126)(H,103,127)(H4,85,86,90)(H4,87,88,91)(H,104,111,124)/t56-,57-,58-,59-,60+,61+,62+,63+/m0/s1. The van der Waals surface area contributed by atoms with Crippen LogP contribution in [-0.4, -0.2) is 187 Å². The average molecular weight is 1770 g/mol. The Hall–Kier alpha value is -16.9. The largest absolute Gasteiger partial charge is 0.370 e. The van der Waals surface area contributed by atoms with E-state index in [4.69, 9.17) is 28.0 Å². The third-order valence-electron chi connectivity index (χ3n) is 20.8. The number of guanidine groups is 2. The summed E-state index contributed by atoms with van der Waals surface area (Å²) in [4.78, 5) is 284. The minimum Gasteiger partial charge on any atom is -0.370 e. The summed E-state index contributed by atoms with van der Waals surface area (Å²) >= 11 is 0. The molecule has 0 saturated heterocycles. The number of primary amides is 1. The number of fused-ring (bicyclic) bond motifs is 5. The van der Waals surface area contributed by atoms with Crippen molar-refractivity contribution in [3.05, 3.63) is 262 Å². The van der Waals surface area contributed by atoms with E-state index in [2.05, 4.69) is 78.4 Å². The Labute approximate surface area is 725 Å². The van der Waals surface area contributed by atoms with Gasteiger partial charge in [0.15, 0.2) is 11.9 Å². The maximum Gasteiger partial charge on any atom is 0.328 e. The summed E-state index contributed by atoms with van der Waals surface area (Å²) in [6.07, 6.45) is -0.131. The van der Waals surface area contributed by atoms with Crippen LogP contribution in [0.1, 0.15) is 67.8 Å². The van der Waals surface area contributed by atoms with Crippen LogP contribution < -0.4 is 121 Å². The molecule has 46 nitrogen and oxygen atoms in total. The normalized spacial score (nSPS) is 13.1. The van der Waals surface area contributed by atoms with Crippen molar-refractivity contribution in [3.8, 4) is 0 Å². The molecule has 46 heteroatoms. The first-order valence-electron chi connectivity index (χ1n) is 40.3. The van der Waals surface area contributed by atoms with E-state index >= 15 is 24.0 Å². The number of para-hydroxylation sites is 5. The predicted octanol–water partition coefficient (Wildman–Crippen LogP) is -3.99. The molecule has 10 amide bonds. The van der Waals surface area contributed by atoms with Gasteiger partial charge in [-0.05, 0) is 99.0 Å². The van der Waals surface area contributed by atoms with Crippen molar-refractivity contribution in [2.24, 2.45) is 17.2 Å². The molecular formula is C83H90N26O20. The maximum atomic E-state index is 15.8. The number of carbonyl (C=O) groups excluding carboxylic acids is 10. The lowest BCUT2D eigenvalue weighted by molar-refractivity contribution is -0.384. The number of amides is 10. The number of nitro benzene ring substituents is 1. The fraction of sp³-hybridized carbons (Fsp3) is 0.289. The van der Waals surface area contributed by atoms with Gasteiger partial charge in [-0.15, -0.1) is 0 Å². The van der Waals surface area contributed by atoms with Gasteiger partial charge in [0.2, 0.25) is 53.2 Å². The number of carbonyl (C=O) groups is 10. The highest BCUT2D eigenvalue weighted by atomic mass is 16.6. The van der Waals surface area contributed by atoms with Crippen molar-refractivity contribution in [2.75, 3.05) is 19.6 Å². The fourth-order valence-electron chi connectivity index (χ4n) is 14.3. The van der Waals surface area contributed by atoms with Crippen molar-refractivity contribution < 1.29 is 52.9 Å². The number of H-pyrrole nitrogens is 4. The summed E-state index contributed by atoms with van der Waals surface area (Å²) < 4.78 is 2.11. The summed E-state index contributed by atoms with van der Waals surface area (Å²) in [7, 11) is 0. The minimum absolute atomic E-state index is 0.00372. The van der Waals surface area contributed by atoms with Crippen LogP contribution in [0.25, 0.3) is 54.5 Å². The van der Waals surface area contributed by atoms with Crippen LogP contribution in [0.3, 0.4) is 0 Å². The smallest absolute Gasteiger partial charge is 0.328 e. The van der Waals surface area contributed by atoms with E-state index in [1.165, 1.54) is 72.8 Å². The lowest BCUT2D eigenvalue weighted by atomic mass is 10.0. The number of benzene rings is 6. The van der Waals surface area contributed by atoms with Crippen LogP contribution in [0.4, 0.5) is 5.69 Å². The highest BCUT2D eigenvalue weighted by molar-refractivity contribution is 6.16. The van der Waals surface area contributed by atoms with Crippen molar-refractivity contribution in [1.29, 1.82) is 10.8 Å². The van der Waals surface area contributed by atoms with Crippen molar-refractivity contribution in [1.82, 2.24) is 102 Å². The van der Waals surface area contributed by atoms with Gasteiger partial charge in [0.1, 0.15) is 48.3 Å². The Morgan fingerprint density at radius 3 is 1.18 bits per heavy atom. The summed E-state index contributed by atoms with van der Waals surface area (Å²) in [6.45, 7) is -3.43. The summed E-state index contributed by atoms with van der Waals surface area (Å²) in [5.41, 5.74) is 8.84. The second-order valence-electron chi connectivity index (χ2n) is 29.9. The molecule has 0 saturated carbocycles. The van der Waals surface area contributed by atoms with Crippen molar-refractivity contribution in [2.45, 2.75) is 133 Å². The number of aromatic amines is 4. The number of nitrogens with one attached hydrogen (secondary N) is 17. The van der Waals surface area contributed by atoms with Gasteiger partial charge in [-0.1, -0.05) is 84.9 Å². The number of aromatic nitrogens is 9. The lowest BCUT2D eigenvalue weighted by Crippen LogP contribution is -2.63. The Bertz CT molecular complexity index is 6680. The van der Waals surface area contributed by atoms with Gasteiger partial charge < -0.3 is 90.6 Å². The molecule has 0 radical (unpaired) electrons. The topological polar surface area (TPSA) is 704 Å². The van der Waals surface area contributed by atoms with Crippen molar-refractivity contribution in [3.63, 3.8) is 0 Å². The number of nitrogens with zero attached hydrogens (tertiary/aromatic N) is 6. The number of nitrogens with two attached hydrogens (primary N) is 3. The molecule has 0 fully saturated rings. The molecule has 11 rings (SSSR count). The Balaban J connectivity index is 0.938. The molecule has 6 aromatic carbocycles. The van der Waals surface area contributed by atoms with Crippen LogP contribution >= 0.6 is 0 Å². The molecule has 0 aliphatic heterocycles. The molecule has 11 aromatic rings. The highest BCUT2D eigenvalue weighted by Gasteiger charge is 2.38. The lowest BCUT2D eigenvalue weighted by Gasteiger charge is -2.28. The van der Waals surface area contributed by atoms with E-state index in [1.807, 2.05) is 4.98 Å². The van der Waals surface area contributed by atoms with Gasteiger partial charge in [-0.25, -0.2) is 24.2 Å². The summed E-state index contributed by atoms with van der Waals surface area (Å²) in [6, 6.07) is 20.1. The number of hydrogen-bond acceptors (Lipinski definition) is 23. The summed E-state index contributed by atoms with van der Waals surface area (Å²) in [5, 5.41) is 55.5. The van der Waals surface area contributed by atoms with Gasteiger partial charge in [0, 0.05) is 68.1 Å². The molecule has 0 spiro atoms. The summed E-state index contributed by atoms with van der Waals surface area (Å²) in [5.74, 6) is -12.7. The zero-order chi connectivity index (χ0) is 92.9. The zero-order valence-corrected chi connectivity index (χ0v) is 68.8. The quantitative estimate of drug-likeness (QED) is 0.00434. The SMILES string of the molecule is CC(=O)N[C@@H](CCCCNC(=O)c1c2ccccc2nc2ccccc12)C(=O)N[C@@H](CCCNC(=N)N)C(=O)N[C@H](Cn1ccc(=O)[nH]c1=O)C(=O)N[C@@H](Cc1ccc([N+](=O)[O-])cc1)C(=O)N[C@H](Cn1c(=O)[nH]c2ccccc2c1=O)C(=O)N[C@H](Cn1c(=O)[nH]c2ccccc2c1=O)C(=O)N[C@H](Cn1c(=O)[nH]c2ccccc2c1=O)C(=O)N[C@@H](CCCNC(=N)N)C(N)=O. The first-order chi connectivity index (χ1) is 61.7. The second kappa shape index (κ2) is 42.5. The van der Waals surface area contributed by atoms with E-state index in [9.17, 15) is 72.4 Å². The van der Waals surface area contributed by atoms with Crippen LogP contribution in [0, 0.1) is 20.9 Å². The molecule has 0 aliphatic carbocycles. The molecule has 0 unspecified atom stereocenters. The zero-order valence-electron chi connectivity index (χ0n) is 68.8. The molecule has 129 heavy (non-hydrogen) atoms. The van der Waals surface area contributed by atoms with Gasteiger partial charge in [-0.3, -0.25) is 111 Å². The fourth-order valence-corrected chi connectivity index (χ4v) is 14.3. The molecule has 0 aliphatic rings. The van der Waals surface area contributed by atoms with E-state index in [0.29, 0.717) is 41.1 Å². The Kier molecular flexibility index (Phi) is 30.6. The molecule has 672 valence electrons. The van der Waals surface area contributed by atoms with Crippen LogP contribution in [0.2, 0.25) is 0 Å². The predicted molar refractivity (Wildman–Crippen MR) is 469 cm³/mol. The third-order valence-corrected chi connectivity index (χ3v) is 20.8. The first-order valence-corrected chi connectivity index (χ1v) is 40.3. The number of non-ortho nitro benzene ring substituents is 1. The number of unbranched alkanes of at least 4 members (excludes halogenated alkanes) is 1. The molecule has 5 heterocycles. The second-order valence-corrected chi connectivity index (χ2v) is 29.9. The van der Waals surface area contributed by atoms with E-state index in [0.717, 1.165) is 48.0 Å². The van der Waals surface area contributed by atoms with Crippen LogP contribution in [0.5, 0.6) is 0 Å². The highest BCUT2D eigenvalue weighted by Crippen LogP contribution is 2.26. The maximum absolute atomic E-state index is 15.8. The van der Waals surface area contributed by atoms with E-state index in [1.54, 1.807) is 48.5 Å². The minimum atomic E-state index is -2.42. The Morgan fingerprint density at radius 1 is 0.403 bits per heavy atom. The van der Waals surface area contributed by atoms with E-state index in [-0.39, 0.29) is 103 Å². The third kappa shape index (κ3) is 23.9. The number of pyridine rings is 1. The van der Waals surface area contributed by atoms with E-state index < -0.39 is 208 Å². The number of rotatable bonds is 41. The van der Waals surface area contributed by atoms with Crippen LogP contribution in [-0.2, 0) is 75.8 Å². The average Bonchev–Trinajstić information content (AvgIpc) is 0.430. The van der Waals surface area contributed by atoms with Crippen molar-refractivity contribution >= 4 is 131 Å². The van der Waals surface area contributed by atoms with Gasteiger partial charge in [0.25, 0.3) is 33.8 Å². The monoisotopic (exact) mass is 1770 g/mol. The number of hydrogen-bond donors (Lipinski definition) is 20. The van der Waals surface area contributed by atoms with Gasteiger partial charge in [-0.2, -0.15) is 0 Å². The first kappa shape index (κ1) is 92.8. The molecular weight excluding hydrogens is 1680 g/mol.